The summed E-state index contributed by atoms with van der Waals surface area (Å²) in [6.45, 7) is 2.22. The number of benzene rings is 1. The molecular formula is C19H20N4O2. The first-order valence-electron chi connectivity index (χ1n) is 8.18. The van der Waals surface area contributed by atoms with E-state index in [9.17, 15) is 4.79 Å². The fourth-order valence-electron chi connectivity index (χ4n) is 2.33. The minimum absolute atomic E-state index is 0.176. The Bertz CT molecular complexity index is 803. The Morgan fingerprint density at radius 2 is 1.96 bits per heavy atom. The summed E-state index contributed by atoms with van der Waals surface area (Å²) in [5.41, 5.74) is 1.88. The normalized spacial score (nSPS) is 11.7. The lowest BCUT2D eigenvalue weighted by Gasteiger charge is -2.12. The van der Waals surface area contributed by atoms with E-state index in [-0.39, 0.29) is 5.91 Å². The molecule has 2 heterocycles. The van der Waals surface area contributed by atoms with Gasteiger partial charge in [0.05, 0.1) is 5.69 Å². The van der Waals surface area contributed by atoms with Crippen LogP contribution in [0.15, 0.2) is 67.0 Å². The Hall–Kier alpha value is -3.15. The zero-order chi connectivity index (χ0) is 17.5. The number of carbonyl (C=O) groups is 1. The topological polar surface area (TPSA) is 69.0 Å². The lowest BCUT2D eigenvalue weighted by Crippen LogP contribution is -2.37. The van der Waals surface area contributed by atoms with E-state index < -0.39 is 6.10 Å². The van der Waals surface area contributed by atoms with Crippen LogP contribution in [0.3, 0.4) is 0 Å². The van der Waals surface area contributed by atoms with Crippen LogP contribution in [0.4, 0.5) is 0 Å². The molecule has 0 spiro atoms. The molecular weight excluding hydrogens is 316 g/mol. The highest BCUT2D eigenvalue weighted by molar-refractivity contribution is 5.80. The average Bonchev–Trinajstić information content (AvgIpc) is 3.12. The van der Waals surface area contributed by atoms with Gasteiger partial charge in [-0.1, -0.05) is 24.3 Å². The molecule has 1 atom stereocenters. The van der Waals surface area contributed by atoms with Crippen molar-refractivity contribution >= 4 is 5.91 Å². The van der Waals surface area contributed by atoms with Crippen LogP contribution in [0.1, 0.15) is 12.6 Å². The Morgan fingerprint density at radius 1 is 1.16 bits per heavy atom. The Morgan fingerprint density at radius 3 is 2.72 bits per heavy atom. The fraction of sp³-hybridized carbons (Fsp3) is 0.211. The standard InChI is InChI=1S/C19H20N4O2/c1-15(19(24)21-13-10-16-7-5-6-12-20-16)25-18-11-14-23(22-18)17-8-3-2-4-9-17/h2-9,11-12,14-15H,10,13H2,1H3,(H,21,24). The van der Waals surface area contributed by atoms with Crippen molar-refractivity contribution in [2.24, 2.45) is 0 Å². The summed E-state index contributed by atoms with van der Waals surface area (Å²) in [5.74, 6) is 0.237. The minimum Gasteiger partial charge on any atom is -0.463 e. The van der Waals surface area contributed by atoms with Gasteiger partial charge in [-0.25, -0.2) is 4.68 Å². The number of amides is 1. The second-order valence-electron chi connectivity index (χ2n) is 5.56. The summed E-state index contributed by atoms with van der Waals surface area (Å²) in [4.78, 5) is 16.3. The Balaban J connectivity index is 1.49. The molecule has 2 aromatic heterocycles. The number of hydrogen-bond donors (Lipinski definition) is 1. The van der Waals surface area contributed by atoms with Crippen LogP contribution in [0.5, 0.6) is 5.88 Å². The third-order valence-corrected chi connectivity index (χ3v) is 3.66. The number of rotatable bonds is 7. The largest absolute Gasteiger partial charge is 0.463 e. The molecule has 1 amide bonds. The van der Waals surface area contributed by atoms with Crippen molar-refractivity contribution in [3.05, 3.63) is 72.7 Å². The van der Waals surface area contributed by atoms with E-state index in [0.717, 1.165) is 11.4 Å². The van der Waals surface area contributed by atoms with Crippen LogP contribution in [-0.4, -0.2) is 33.3 Å². The maximum absolute atomic E-state index is 12.1. The molecule has 3 aromatic rings. The van der Waals surface area contributed by atoms with Gasteiger partial charge in [-0.05, 0) is 31.2 Å². The van der Waals surface area contributed by atoms with Crippen molar-refractivity contribution in [3.63, 3.8) is 0 Å². The number of nitrogens with one attached hydrogen (secondary N) is 1. The SMILES string of the molecule is CC(Oc1ccn(-c2ccccc2)n1)C(=O)NCCc1ccccn1. The number of nitrogens with zero attached hydrogens (tertiary/aromatic N) is 3. The number of hydrogen-bond acceptors (Lipinski definition) is 4. The van der Waals surface area contributed by atoms with E-state index in [4.69, 9.17) is 4.74 Å². The zero-order valence-electron chi connectivity index (χ0n) is 14.0. The second kappa shape index (κ2) is 8.10. The first-order chi connectivity index (χ1) is 12.2. The second-order valence-corrected chi connectivity index (χ2v) is 5.56. The predicted molar refractivity (Wildman–Crippen MR) is 94.6 cm³/mol. The third kappa shape index (κ3) is 4.67. The molecule has 0 saturated heterocycles. The molecule has 0 fully saturated rings. The monoisotopic (exact) mass is 336 g/mol. The first kappa shape index (κ1) is 16.7. The van der Waals surface area contributed by atoms with Gasteiger partial charge in [0.25, 0.3) is 5.91 Å². The number of para-hydroxylation sites is 1. The smallest absolute Gasteiger partial charge is 0.260 e. The number of carbonyl (C=O) groups excluding carboxylic acids is 1. The summed E-state index contributed by atoms with van der Waals surface area (Å²) in [7, 11) is 0. The summed E-state index contributed by atoms with van der Waals surface area (Å²) in [6, 6.07) is 17.2. The highest BCUT2D eigenvalue weighted by Crippen LogP contribution is 2.13. The predicted octanol–water partition coefficient (Wildman–Crippen LogP) is 2.39. The van der Waals surface area contributed by atoms with Crippen LogP contribution in [0.25, 0.3) is 5.69 Å². The molecule has 1 aromatic carbocycles. The van der Waals surface area contributed by atoms with Crippen LogP contribution in [-0.2, 0) is 11.2 Å². The van der Waals surface area contributed by atoms with Crippen molar-refractivity contribution in [1.82, 2.24) is 20.1 Å². The average molecular weight is 336 g/mol. The van der Waals surface area contributed by atoms with Crippen LogP contribution in [0.2, 0.25) is 0 Å². The van der Waals surface area contributed by atoms with Crippen LogP contribution in [0, 0.1) is 0 Å². The van der Waals surface area contributed by atoms with Crippen molar-refractivity contribution in [1.29, 1.82) is 0 Å². The van der Waals surface area contributed by atoms with Gasteiger partial charge < -0.3 is 10.1 Å². The van der Waals surface area contributed by atoms with E-state index >= 15 is 0 Å². The van der Waals surface area contributed by atoms with Gasteiger partial charge in [0, 0.05) is 37.1 Å². The summed E-state index contributed by atoms with van der Waals surface area (Å²) in [6.07, 6.45) is 3.60. The van der Waals surface area contributed by atoms with Crippen molar-refractivity contribution in [2.45, 2.75) is 19.4 Å². The molecule has 1 N–H and O–H groups in total. The van der Waals surface area contributed by atoms with E-state index in [1.165, 1.54) is 0 Å². The molecule has 25 heavy (non-hydrogen) atoms. The van der Waals surface area contributed by atoms with Crippen molar-refractivity contribution < 1.29 is 9.53 Å². The molecule has 6 heteroatoms. The van der Waals surface area contributed by atoms with Crippen LogP contribution >= 0.6 is 0 Å². The fourth-order valence-corrected chi connectivity index (χ4v) is 2.33. The molecule has 0 aliphatic rings. The maximum Gasteiger partial charge on any atom is 0.260 e. The lowest BCUT2D eigenvalue weighted by atomic mass is 10.2. The highest BCUT2D eigenvalue weighted by Gasteiger charge is 2.15. The van der Waals surface area contributed by atoms with E-state index in [1.54, 1.807) is 30.1 Å². The number of aromatic nitrogens is 3. The molecule has 6 nitrogen and oxygen atoms in total. The van der Waals surface area contributed by atoms with E-state index in [2.05, 4.69) is 15.4 Å². The number of ether oxygens (including phenoxy) is 1. The van der Waals surface area contributed by atoms with Crippen molar-refractivity contribution in [2.75, 3.05) is 6.54 Å². The van der Waals surface area contributed by atoms with Gasteiger partial charge in [-0.2, -0.15) is 0 Å². The maximum atomic E-state index is 12.1. The highest BCUT2D eigenvalue weighted by atomic mass is 16.5. The molecule has 0 aliphatic heterocycles. The Labute approximate surface area is 146 Å². The first-order valence-corrected chi connectivity index (χ1v) is 8.18. The summed E-state index contributed by atoms with van der Waals surface area (Å²) < 4.78 is 7.33. The number of pyridine rings is 1. The quantitative estimate of drug-likeness (QED) is 0.719. The van der Waals surface area contributed by atoms with E-state index in [1.807, 2.05) is 48.5 Å². The lowest BCUT2D eigenvalue weighted by molar-refractivity contribution is -0.127. The van der Waals surface area contributed by atoms with E-state index in [0.29, 0.717) is 18.8 Å². The van der Waals surface area contributed by atoms with Crippen molar-refractivity contribution in [3.8, 4) is 11.6 Å². The van der Waals surface area contributed by atoms with Gasteiger partial charge in [0.2, 0.25) is 5.88 Å². The van der Waals surface area contributed by atoms with Gasteiger partial charge in [0.15, 0.2) is 6.10 Å². The molecule has 0 bridgehead atoms. The van der Waals surface area contributed by atoms with Gasteiger partial charge >= 0.3 is 0 Å². The van der Waals surface area contributed by atoms with Gasteiger partial charge in [-0.15, -0.1) is 5.10 Å². The summed E-state index contributed by atoms with van der Waals surface area (Å²) >= 11 is 0. The van der Waals surface area contributed by atoms with Gasteiger partial charge in [0.1, 0.15) is 0 Å². The molecule has 0 radical (unpaired) electrons. The molecule has 3 rings (SSSR count). The Kier molecular flexibility index (Phi) is 5.41. The molecule has 128 valence electrons. The third-order valence-electron chi connectivity index (χ3n) is 3.66. The minimum atomic E-state index is -0.622. The zero-order valence-corrected chi connectivity index (χ0v) is 14.0. The molecule has 1 unspecified atom stereocenters. The molecule has 0 aliphatic carbocycles. The molecule has 0 saturated carbocycles. The van der Waals surface area contributed by atoms with Crippen LogP contribution < -0.4 is 10.1 Å². The van der Waals surface area contributed by atoms with Gasteiger partial charge in [-0.3, -0.25) is 9.78 Å². The summed E-state index contributed by atoms with van der Waals surface area (Å²) in [5, 5.41) is 7.19.